The first-order valence-electron chi connectivity index (χ1n) is 6.93. The molecule has 0 aliphatic carbocycles. The number of esters is 1. The molecule has 1 aromatic carbocycles. The van der Waals surface area contributed by atoms with Crippen LogP contribution in [0.25, 0.3) is 0 Å². The third-order valence-electron chi connectivity index (χ3n) is 2.83. The molecule has 0 unspecified atom stereocenters. The minimum absolute atomic E-state index is 0.0837. The van der Waals surface area contributed by atoms with Crippen LogP contribution in [0.1, 0.15) is 43.0 Å². The van der Waals surface area contributed by atoms with Gasteiger partial charge in [0, 0.05) is 18.5 Å². The fourth-order valence-corrected chi connectivity index (χ4v) is 1.75. The molecule has 0 atom stereocenters. The highest BCUT2D eigenvalue weighted by Crippen LogP contribution is 2.08. The Hall–Kier alpha value is -1.98. The van der Waals surface area contributed by atoms with E-state index in [1.165, 1.54) is 6.07 Å². The Balaban J connectivity index is 2.19. The number of benzene rings is 1. The van der Waals surface area contributed by atoms with E-state index in [2.05, 4.69) is 5.32 Å². The summed E-state index contributed by atoms with van der Waals surface area (Å²) in [6, 6.07) is 3.02. The third kappa shape index (κ3) is 6.33. The van der Waals surface area contributed by atoms with Gasteiger partial charge < -0.3 is 10.1 Å². The van der Waals surface area contributed by atoms with Gasteiger partial charge in [0.25, 0.3) is 5.91 Å². The molecule has 0 heterocycles. The van der Waals surface area contributed by atoms with E-state index < -0.39 is 17.5 Å². The standard InChI is InChI=1S/C15H19F2NO3/c1-2-21-14(19)6-4-3-5-9-18-15(20)11-7-8-12(16)13(17)10-11/h7-8,10H,2-6,9H2,1H3,(H,18,20). The van der Waals surface area contributed by atoms with Gasteiger partial charge in [-0.15, -0.1) is 0 Å². The summed E-state index contributed by atoms with van der Waals surface area (Å²) in [5.41, 5.74) is 0.0837. The average Bonchev–Trinajstić information content (AvgIpc) is 2.45. The van der Waals surface area contributed by atoms with Gasteiger partial charge in [0.15, 0.2) is 11.6 Å². The summed E-state index contributed by atoms with van der Waals surface area (Å²) in [7, 11) is 0. The summed E-state index contributed by atoms with van der Waals surface area (Å²) in [5.74, 6) is -2.69. The summed E-state index contributed by atoms with van der Waals surface area (Å²) < 4.78 is 30.5. The monoisotopic (exact) mass is 299 g/mol. The predicted octanol–water partition coefficient (Wildman–Crippen LogP) is 2.82. The van der Waals surface area contributed by atoms with Crippen LogP contribution < -0.4 is 5.32 Å². The number of hydrogen-bond acceptors (Lipinski definition) is 3. The number of carbonyl (C=O) groups excluding carboxylic acids is 2. The van der Waals surface area contributed by atoms with Gasteiger partial charge >= 0.3 is 5.97 Å². The number of hydrogen-bond donors (Lipinski definition) is 1. The normalized spacial score (nSPS) is 10.2. The second kappa shape index (κ2) is 9.05. The van der Waals surface area contributed by atoms with E-state index in [1.807, 2.05) is 0 Å². The highest BCUT2D eigenvalue weighted by Gasteiger charge is 2.09. The number of nitrogens with one attached hydrogen (secondary N) is 1. The van der Waals surface area contributed by atoms with Crippen molar-refractivity contribution in [2.45, 2.75) is 32.6 Å². The Morgan fingerprint density at radius 1 is 1.14 bits per heavy atom. The number of ether oxygens (including phenoxy) is 1. The van der Waals surface area contributed by atoms with Crippen molar-refractivity contribution in [3.63, 3.8) is 0 Å². The first-order chi connectivity index (χ1) is 10.0. The Kier molecular flexibility index (Phi) is 7.36. The van der Waals surface area contributed by atoms with Gasteiger partial charge in [-0.1, -0.05) is 6.42 Å². The minimum atomic E-state index is -1.04. The van der Waals surface area contributed by atoms with E-state index >= 15 is 0 Å². The van der Waals surface area contributed by atoms with Gasteiger partial charge in [0.1, 0.15) is 0 Å². The minimum Gasteiger partial charge on any atom is -0.466 e. The molecule has 0 saturated heterocycles. The molecular formula is C15H19F2NO3. The molecule has 116 valence electrons. The topological polar surface area (TPSA) is 55.4 Å². The van der Waals surface area contributed by atoms with Crippen LogP contribution in [0.3, 0.4) is 0 Å². The molecule has 0 fully saturated rings. The number of halogens is 2. The van der Waals surface area contributed by atoms with E-state index in [1.54, 1.807) is 6.92 Å². The zero-order valence-corrected chi connectivity index (χ0v) is 12.0. The van der Waals surface area contributed by atoms with E-state index in [0.717, 1.165) is 18.6 Å². The molecular weight excluding hydrogens is 280 g/mol. The molecule has 0 spiro atoms. The molecule has 4 nitrogen and oxygen atoms in total. The molecule has 0 aliphatic heterocycles. The summed E-state index contributed by atoms with van der Waals surface area (Å²) in [4.78, 5) is 22.7. The average molecular weight is 299 g/mol. The van der Waals surface area contributed by atoms with Gasteiger partial charge in [-0.2, -0.15) is 0 Å². The van der Waals surface area contributed by atoms with Gasteiger partial charge in [0.2, 0.25) is 0 Å². The van der Waals surface area contributed by atoms with Crippen molar-refractivity contribution in [1.82, 2.24) is 5.32 Å². The second-order valence-electron chi connectivity index (χ2n) is 4.50. The molecule has 1 aromatic rings. The maximum atomic E-state index is 13.0. The van der Waals surface area contributed by atoms with E-state index in [9.17, 15) is 18.4 Å². The SMILES string of the molecule is CCOC(=O)CCCCCNC(=O)c1ccc(F)c(F)c1. The van der Waals surface area contributed by atoms with Gasteiger partial charge in [-0.25, -0.2) is 8.78 Å². The van der Waals surface area contributed by atoms with Crippen LogP contribution in [0.5, 0.6) is 0 Å². The van der Waals surface area contributed by atoms with Gasteiger partial charge in [0.05, 0.1) is 6.61 Å². The van der Waals surface area contributed by atoms with Crippen LogP contribution in [0.4, 0.5) is 8.78 Å². The molecule has 0 saturated carbocycles. The van der Waals surface area contributed by atoms with Crippen LogP contribution >= 0.6 is 0 Å². The lowest BCUT2D eigenvalue weighted by Crippen LogP contribution is -2.24. The van der Waals surface area contributed by atoms with Crippen molar-refractivity contribution in [2.75, 3.05) is 13.2 Å². The molecule has 1 N–H and O–H groups in total. The van der Waals surface area contributed by atoms with Crippen molar-refractivity contribution in [1.29, 1.82) is 0 Å². The Morgan fingerprint density at radius 2 is 1.90 bits per heavy atom. The van der Waals surface area contributed by atoms with Crippen molar-refractivity contribution in [2.24, 2.45) is 0 Å². The van der Waals surface area contributed by atoms with Crippen LogP contribution in [0.2, 0.25) is 0 Å². The van der Waals surface area contributed by atoms with E-state index in [0.29, 0.717) is 32.4 Å². The number of amides is 1. The maximum absolute atomic E-state index is 13.0. The van der Waals surface area contributed by atoms with Gasteiger partial charge in [-0.05, 0) is 38.0 Å². The quantitative estimate of drug-likeness (QED) is 0.593. The van der Waals surface area contributed by atoms with E-state index in [4.69, 9.17) is 4.74 Å². The second-order valence-corrected chi connectivity index (χ2v) is 4.50. The zero-order valence-electron chi connectivity index (χ0n) is 12.0. The fourth-order valence-electron chi connectivity index (χ4n) is 1.75. The van der Waals surface area contributed by atoms with Crippen LogP contribution in [0.15, 0.2) is 18.2 Å². The molecule has 1 amide bonds. The highest BCUT2D eigenvalue weighted by molar-refractivity contribution is 5.94. The van der Waals surface area contributed by atoms with Crippen molar-refractivity contribution < 1.29 is 23.1 Å². The van der Waals surface area contributed by atoms with Crippen molar-refractivity contribution >= 4 is 11.9 Å². The van der Waals surface area contributed by atoms with Crippen molar-refractivity contribution in [3.8, 4) is 0 Å². The number of carbonyl (C=O) groups is 2. The predicted molar refractivity (Wildman–Crippen MR) is 73.8 cm³/mol. The number of rotatable bonds is 8. The Labute approximate surface area is 122 Å². The molecule has 6 heteroatoms. The fraction of sp³-hybridized carbons (Fsp3) is 0.467. The molecule has 21 heavy (non-hydrogen) atoms. The Morgan fingerprint density at radius 3 is 2.57 bits per heavy atom. The third-order valence-corrected chi connectivity index (χ3v) is 2.83. The number of unbranched alkanes of at least 4 members (excludes halogenated alkanes) is 2. The van der Waals surface area contributed by atoms with Crippen molar-refractivity contribution in [3.05, 3.63) is 35.4 Å². The molecule has 0 radical (unpaired) electrons. The van der Waals surface area contributed by atoms with Crippen LogP contribution in [-0.2, 0) is 9.53 Å². The smallest absolute Gasteiger partial charge is 0.305 e. The van der Waals surface area contributed by atoms with E-state index in [-0.39, 0.29) is 11.5 Å². The van der Waals surface area contributed by atoms with Gasteiger partial charge in [-0.3, -0.25) is 9.59 Å². The summed E-state index contributed by atoms with van der Waals surface area (Å²) in [5, 5.41) is 2.61. The molecule has 0 bridgehead atoms. The first-order valence-corrected chi connectivity index (χ1v) is 6.93. The first kappa shape index (κ1) is 17.1. The lowest BCUT2D eigenvalue weighted by atomic mass is 10.1. The Bertz CT molecular complexity index is 492. The lowest BCUT2D eigenvalue weighted by molar-refractivity contribution is -0.143. The van der Waals surface area contributed by atoms with Crippen LogP contribution in [0, 0.1) is 11.6 Å². The lowest BCUT2D eigenvalue weighted by Gasteiger charge is -2.06. The zero-order chi connectivity index (χ0) is 15.7. The summed E-state index contributed by atoms with van der Waals surface area (Å²) >= 11 is 0. The maximum Gasteiger partial charge on any atom is 0.305 e. The summed E-state index contributed by atoms with van der Waals surface area (Å²) in [6.07, 6.45) is 2.54. The largest absolute Gasteiger partial charge is 0.466 e. The highest BCUT2D eigenvalue weighted by atomic mass is 19.2. The molecule has 0 aromatic heterocycles. The molecule has 1 rings (SSSR count). The molecule has 0 aliphatic rings. The van der Waals surface area contributed by atoms with Crippen LogP contribution in [-0.4, -0.2) is 25.0 Å². The summed E-state index contributed by atoms with van der Waals surface area (Å²) in [6.45, 7) is 2.55.